The van der Waals surface area contributed by atoms with E-state index in [1.165, 1.54) is 0 Å². The zero-order valence-corrected chi connectivity index (χ0v) is 10.7. The maximum atomic E-state index is 9.93. The van der Waals surface area contributed by atoms with Gasteiger partial charge in [-0.3, -0.25) is 0 Å². The fourth-order valence-electron chi connectivity index (χ4n) is 1.75. The fourth-order valence-corrected chi connectivity index (χ4v) is 1.75. The average Bonchev–Trinajstić information content (AvgIpc) is 2.18. The van der Waals surface area contributed by atoms with E-state index in [-0.39, 0.29) is 0 Å². The second kappa shape index (κ2) is 4.44. The van der Waals surface area contributed by atoms with Crippen molar-refractivity contribution in [3.8, 4) is 5.75 Å². The van der Waals surface area contributed by atoms with Crippen molar-refractivity contribution in [1.29, 1.82) is 0 Å². The molecular formula is C13H21NO2. The smallest absolute Gasteiger partial charge is 0.122 e. The fraction of sp³-hybridized carbons (Fsp3) is 0.538. The number of methoxy groups -OCH3 is 1. The number of benzene rings is 1. The largest absolute Gasteiger partial charge is 0.496 e. The van der Waals surface area contributed by atoms with Crippen molar-refractivity contribution in [3.05, 3.63) is 28.8 Å². The molecule has 0 saturated heterocycles. The van der Waals surface area contributed by atoms with Gasteiger partial charge in [0.15, 0.2) is 0 Å². The molecule has 0 aliphatic rings. The van der Waals surface area contributed by atoms with Gasteiger partial charge >= 0.3 is 0 Å². The van der Waals surface area contributed by atoms with Crippen LogP contribution in [-0.4, -0.2) is 17.8 Å². The third kappa shape index (κ3) is 2.54. The van der Waals surface area contributed by atoms with Crippen molar-refractivity contribution in [2.75, 3.05) is 7.11 Å². The number of aryl methyl sites for hydroxylation is 2. The van der Waals surface area contributed by atoms with E-state index in [0.29, 0.717) is 0 Å². The minimum absolute atomic E-state index is 0.392. The average molecular weight is 223 g/mol. The second-order valence-corrected chi connectivity index (χ2v) is 4.81. The highest BCUT2D eigenvalue weighted by atomic mass is 16.5. The molecule has 0 heterocycles. The summed E-state index contributed by atoms with van der Waals surface area (Å²) in [4.78, 5) is 0. The van der Waals surface area contributed by atoms with Crippen LogP contribution in [0.15, 0.2) is 12.1 Å². The predicted molar refractivity (Wildman–Crippen MR) is 65.7 cm³/mol. The van der Waals surface area contributed by atoms with Crippen LogP contribution in [-0.2, 0) is 0 Å². The van der Waals surface area contributed by atoms with Crippen LogP contribution >= 0.6 is 0 Å². The molecule has 1 rings (SSSR count). The first-order valence-electron chi connectivity index (χ1n) is 5.40. The van der Waals surface area contributed by atoms with Gasteiger partial charge in [0.2, 0.25) is 0 Å². The summed E-state index contributed by atoms with van der Waals surface area (Å²) >= 11 is 0. The van der Waals surface area contributed by atoms with Gasteiger partial charge in [-0.2, -0.15) is 0 Å². The Kier molecular flexibility index (Phi) is 3.61. The maximum Gasteiger partial charge on any atom is 0.122 e. The minimum Gasteiger partial charge on any atom is -0.496 e. The van der Waals surface area contributed by atoms with Gasteiger partial charge in [0, 0.05) is 0 Å². The summed E-state index contributed by atoms with van der Waals surface area (Å²) in [7, 11) is 1.65. The molecule has 16 heavy (non-hydrogen) atoms. The van der Waals surface area contributed by atoms with Crippen LogP contribution in [0.4, 0.5) is 0 Å². The van der Waals surface area contributed by atoms with E-state index in [1.807, 2.05) is 26.0 Å². The van der Waals surface area contributed by atoms with Crippen molar-refractivity contribution in [2.24, 2.45) is 5.73 Å². The Balaban J connectivity index is 3.21. The van der Waals surface area contributed by atoms with Gasteiger partial charge in [0.05, 0.1) is 18.8 Å². The first kappa shape index (κ1) is 13.0. The highest BCUT2D eigenvalue weighted by molar-refractivity contribution is 5.43. The lowest BCUT2D eigenvalue weighted by atomic mass is 9.89. The molecule has 1 unspecified atom stereocenters. The first-order chi connectivity index (χ1) is 7.27. The van der Waals surface area contributed by atoms with Crippen LogP contribution in [0.3, 0.4) is 0 Å². The molecule has 1 aromatic carbocycles. The Morgan fingerprint density at radius 3 is 2.25 bits per heavy atom. The molecule has 90 valence electrons. The van der Waals surface area contributed by atoms with Crippen molar-refractivity contribution >= 4 is 0 Å². The van der Waals surface area contributed by atoms with Crippen LogP contribution in [0.1, 0.15) is 36.6 Å². The predicted octanol–water partition coefficient (Wildman–Crippen LogP) is 2.08. The summed E-state index contributed by atoms with van der Waals surface area (Å²) in [6.07, 6.45) is 0. The molecule has 0 radical (unpaired) electrons. The molecule has 3 N–H and O–H groups in total. The van der Waals surface area contributed by atoms with E-state index in [4.69, 9.17) is 10.5 Å². The third-order valence-electron chi connectivity index (χ3n) is 2.88. The Bertz CT molecular complexity index is 380. The molecule has 3 heteroatoms. The Morgan fingerprint density at radius 2 is 1.81 bits per heavy atom. The minimum atomic E-state index is -0.925. The van der Waals surface area contributed by atoms with Gasteiger partial charge in [-0.1, -0.05) is 6.07 Å². The van der Waals surface area contributed by atoms with Crippen molar-refractivity contribution in [1.82, 2.24) is 0 Å². The van der Waals surface area contributed by atoms with Gasteiger partial charge in [-0.25, -0.2) is 0 Å². The number of nitrogens with two attached hydrogens (primary N) is 1. The molecule has 0 aromatic heterocycles. The molecule has 0 bridgehead atoms. The topological polar surface area (TPSA) is 55.5 Å². The molecule has 0 spiro atoms. The summed E-state index contributed by atoms with van der Waals surface area (Å²) in [6, 6.07) is 3.55. The molecule has 0 aliphatic heterocycles. The van der Waals surface area contributed by atoms with E-state index >= 15 is 0 Å². The summed E-state index contributed by atoms with van der Waals surface area (Å²) in [5.74, 6) is 0.851. The first-order valence-corrected chi connectivity index (χ1v) is 5.40. The van der Waals surface area contributed by atoms with Crippen LogP contribution in [0.2, 0.25) is 0 Å². The zero-order valence-electron chi connectivity index (χ0n) is 10.7. The number of hydrogen-bond acceptors (Lipinski definition) is 3. The summed E-state index contributed by atoms with van der Waals surface area (Å²) in [5, 5.41) is 9.93. The van der Waals surface area contributed by atoms with Gasteiger partial charge in [0.25, 0.3) is 0 Å². The Labute approximate surface area is 97.2 Å². The lowest BCUT2D eigenvalue weighted by Gasteiger charge is -2.28. The standard InChI is InChI=1S/C13H21NO2/c1-8-7-11(16-5)9(2)6-10(8)12(14)13(3,4)15/h6-7,12,15H,14H2,1-5H3. The van der Waals surface area contributed by atoms with E-state index < -0.39 is 11.6 Å². The van der Waals surface area contributed by atoms with Crippen LogP contribution in [0, 0.1) is 13.8 Å². The molecule has 0 aliphatic carbocycles. The summed E-state index contributed by atoms with van der Waals surface area (Å²) in [5.41, 5.74) is 8.15. The van der Waals surface area contributed by atoms with Crippen molar-refractivity contribution < 1.29 is 9.84 Å². The number of ether oxygens (including phenoxy) is 1. The molecule has 0 fully saturated rings. The Hall–Kier alpha value is -1.06. The van der Waals surface area contributed by atoms with E-state index in [9.17, 15) is 5.11 Å². The SMILES string of the molecule is COc1cc(C)c(C(N)C(C)(C)O)cc1C. The number of rotatable bonds is 3. The van der Waals surface area contributed by atoms with Crippen LogP contribution in [0.5, 0.6) is 5.75 Å². The summed E-state index contributed by atoms with van der Waals surface area (Å²) in [6.45, 7) is 7.38. The lowest BCUT2D eigenvalue weighted by molar-refractivity contribution is 0.0515. The van der Waals surface area contributed by atoms with Gasteiger partial charge in [0.1, 0.15) is 5.75 Å². The van der Waals surface area contributed by atoms with Crippen molar-refractivity contribution in [3.63, 3.8) is 0 Å². The normalized spacial score (nSPS) is 13.7. The van der Waals surface area contributed by atoms with E-state index in [1.54, 1.807) is 21.0 Å². The third-order valence-corrected chi connectivity index (χ3v) is 2.88. The quantitative estimate of drug-likeness (QED) is 0.825. The molecule has 3 nitrogen and oxygen atoms in total. The summed E-state index contributed by atoms with van der Waals surface area (Å²) < 4.78 is 5.24. The molecule has 1 aromatic rings. The van der Waals surface area contributed by atoms with E-state index in [0.717, 1.165) is 22.4 Å². The monoisotopic (exact) mass is 223 g/mol. The van der Waals surface area contributed by atoms with Gasteiger partial charge < -0.3 is 15.6 Å². The molecule has 0 saturated carbocycles. The van der Waals surface area contributed by atoms with Crippen LogP contribution < -0.4 is 10.5 Å². The lowest BCUT2D eigenvalue weighted by Crippen LogP contribution is -2.35. The molecule has 0 amide bonds. The maximum absolute atomic E-state index is 9.93. The highest BCUT2D eigenvalue weighted by Gasteiger charge is 2.26. The Morgan fingerprint density at radius 1 is 1.25 bits per heavy atom. The van der Waals surface area contributed by atoms with Gasteiger partial charge in [-0.15, -0.1) is 0 Å². The zero-order chi connectivity index (χ0) is 12.5. The highest BCUT2D eigenvalue weighted by Crippen LogP contribution is 2.30. The van der Waals surface area contributed by atoms with Gasteiger partial charge in [-0.05, 0) is 50.5 Å². The van der Waals surface area contributed by atoms with Crippen molar-refractivity contribution in [2.45, 2.75) is 39.3 Å². The number of hydrogen-bond donors (Lipinski definition) is 2. The molecular weight excluding hydrogens is 202 g/mol. The molecule has 1 atom stereocenters. The van der Waals surface area contributed by atoms with Crippen LogP contribution in [0.25, 0.3) is 0 Å². The van der Waals surface area contributed by atoms with E-state index in [2.05, 4.69) is 0 Å². The second-order valence-electron chi connectivity index (χ2n) is 4.81. The number of aliphatic hydroxyl groups is 1.